The summed E-state index contributed by atoms with van der Waals surface area (Å²) < 4.78 is 2.13. The Labute approximate surface area is 109 Å². The van der Waals surface area contributed by atoms with Gasteiger partial charge in [-0.1, -0.05) is 36.4 Å². The Kier molecular flexibility index (Phi) is 5.29. The average molecular weight is 249 g/mol. The maximum atomic E-state index is 3.94. The topological polar surface area (TPSA) is 6.25 Å². The number of rotatable bonds is 3. The maximum Gasteiger partial charge on any atom is 0.308 e. The zero-order valence-corrected chi connectivity index (χ0v) is 11.9. The van der Waals surface area contributed by atoms with Gasteiger partial charge in [0.2, 0.25) is 0 Å². The molecule has 0 saturated carbocycles. The minimum absolute atomic E-state index is 0.288. The molecular formula is C14H21N2S+. The van der Waals surface area contributed by atoms with E-state index < -0.39 is 0 Å². The monoisotopic (exact) mass is 249 g/mol. The number of thioether (sulfide) groups is 1. The Bertz CT molecular complexity index is 392. The maximum absolute atomic E-state index is 3.94. The second-order valence-electron chi connectivity index (χ2n) is 4.26. The molecule has 1 aromatic carbocycles. The third kappa shape index (κ3) is 3.93. The van der Waals surface area contributed by atoms with Gasteiger partial charge in [-0.05, 0) is 17.3 Å². The minimum atomic E-state index is 0.288. The molecule has 0 amide bonds. The molecule has 0 spiro atoms. The minimum Gasteiger partial charge on any atom is -0.262 e. The van der Waals surface area contributed by atoms with Gasteiger partial charge in [0.15, 0.2) is 0 Å². The van der Waals surface area contributed by atoms with Gasteiger partial charge in [-0.25, -0.2) is 0 Å². The van der Waals surface area contributed by atoms with E-state index >= 15 is 0 Å². The van der Waals surface area contributed by atoms with E-state index in [1.165, 1.54) is 10.7 Å². The van der Waals surface area contributed by atoms with E-state index in [4.69, 9.17) is 0 Å². The predicted octanol–water partition coefficient (Wildman–Crippen LogP) is 2.84. The molecule has 0 aliphatic rings. The van der Waals surface area contributed by atoms with Gasteiger partial charge in [0.25, 0.3) is 0 Å². The van der Waals surface area contributed by atoms with Crippen LogP contribution in [0.1, 0.15) is 10.8 Å². The fourth-order valence-corrected chi connectivity index (χ4v) is 2.66. The molecule has 0 aromatic heterocycles. The Balaban J connectivity index is 2.91. The van der Waals surface area contributed by atoms with E-state index in [9.17, 15) is 0 Å². The molecule has 0 bridgehead atoms. The third-order valence-corrected chi connectivity index (χ3v) is 4.00. The molecular weight excluding hydrogens is 228 g/mol. The van der Waals surface area contributed by atoms with E-state index in [1.807, 2.05) is 23.9 Å². The molecule has 0 radical (unpaired) electrons. The van der Waals surface area contributed by atoms with Crippen LogP contribution in [0.3, 0.4) is 0 Å². The molecule has 0 N–H and O–H groups in total. The van der Waals surface area contributed by atoms with Crippen molar-refractivity contribution in [3.63, 3.8) is 0 Å². The summed E-state index contributed by atoms with van der Waals surface area (Å²) in [6.07, 6.45) is 1.99. The van der Waals surface area contributed by atoms with Crippen molar-refractivity contribution in [3.05, 3.63) is 48.6 Å². The van der Waals surface area contributed by atoms with Gasteiger partial charge in [0, 0.05) is 0 Å². The summed E-state index contributed by atoms with van der Waals surface area (Å²) in [5, 5.41) is 1.51. The molecule has 0 aliphatic heterocycles. The molecule has 1 atom stereocenters. The van der Waals surface area contributed by atoms with Crippen LogP contribution in [0.4, 0.5) is 0 Å². The van der Waals surface area contributed by atoms with Gasteiger partial charge >= 0.3 is 5.17 Å². The lowest BCUT2D eigenvalue weighted by Gasteiger charge is -2.16. The molecule has 0 heterocycles. The smallest absolute Gasteiger partial charge is 0.262 e. The molecule has 0 saturated heterocycles. The molecule has 0 aliphatic carbocycles. The first-order chi connectivity index (χ1) is 8.06. The molecule has 1 rings (SSSR count). The van der Waals surface area contributed by atoms with Gasteiger partial charge < -0.3 is 0 Å². The highest BCUT2D eigenvalue weighted by molar-refractivity contribution is 8.13. The van der Waals surface area contributed by atoms with E-state index in [0.717, 1.165) is 0 Å². The predicted molar refractivity (Wildman–Crippen MR) is 77.8 cm³/mol. The molecule has 92 valence electrons. The molecule has 1 unspecified atom stereocenters. The van der Waals surface area contributed by atoms with Crippen LogP contribution in [-0.4, -0.2) is 42.8 Å². The first-order valence-electron chi connectivity index (χ1n) is 5.62. The lowest BCUT2D eigenvalue weighted by atomic mass is 10.1. The van der Waals surface area contributed by atoms with Crippen molar-refractivity contribution in [2.45, 2.75) is 5.25 Å². The highest BCUT2D eigenvalue weighted by Crippen LogP contribution is 2.30. The Morgan fingerprint density at radius 2 is 1.88 bits per heavy atom. The Morgan fingerprint density at radius 1 is 1.29 bits per heavy atom. The lowest BCUT2D eigenvalue weighted by molar-refractivity contribution is -0.466. The van der Waals surface area contributed by atoms with Gasteiger partial charge in [-0.3, -0.25) is 9.48 Å². The molecule has 2 nitrogen and oxygen atoms in total. The molecule has 17 heavy (non-hydrogen) atoms. The van der Waals surface area contributed by atoms with Gasteiger partial charge in [-0.15, -0.1) is 6.58 Å². The second kappa shape index (κ2) is 6.50. The van der Waals surface area contributed by atoms with E-state index in [-0.39, 0.29) is 5.25 Å². The van der Waals surface area contributed by atoms with Crippen LogP contribution in [0.5, 0.6) is 0 Å². The summed E-state index contributed by atoms with van der Waals surface area (Å²) in [7, 11) is 8.25. The van der Waals surface area contributed by atoms with Gasteiger partial charge in [0.05, 0.1) is 33.4 Å². The van der Waals surface area contributed by atoms with Crippen molar-refractivity contribution in [3.8, 4) is 0 Å². The zero-order chi connectivity index (χ0) is 12.8. The second-order valence-corrected chi connectivity index (χ2v) is 5.36. The highest BCUT2D eigenvalue weighted by Gasteiger charge is 2.19. The number of hydrogen-bond donors (Lipinski definition) is 0. The van der Waals surface area contributed by atoms with Crippen molar-refractivity contribution in [2.24, 2.45) is 0 Å². The molecule has 0 fully saturated rings. The Morgan fingerprint density at radius 3 is 2.29 bits per heavy atom. The lowest BCUT2D eigenvalue weighted by Crippen LogP contribution is -2.27. The van der Waals surface area contributed by atoms with E-state index in [0.29, 0.717) is 0 Å². The normalized spacial score (nSPS) is 11.8. The molecule has 1 aromatic rings. The summed E-state index contributed by atoms with van der Waals surface area (Å²) in [6.45, 7) is 3.94. The SMILES string of the molecule is C=CC(SC(N(C)C)=[N+](C)C)c1ccccc1. The fourth-order valence-electron chi connectivity index (χ4n) is 1.62. The van der Waals surface area contributed by atoms with Crippen molar-refractivity contribution in [2.75, 3.05) is 28.2 Å². The first kappa shape index (κ1) is 13.8. The fraction of sp³-hybridized carbons (Fsp3) is 0.357. The summed E-state index contributed by atoms with van der Waals surface area (Å²) in [6, 6.07) is 10.5. The van der Waals surface area contributed by atoms with Crippen molar-refractivity contribution < 1.29 is 4.58 Å². The number of hydrogen-bond acceptors (Lipinski definition) is 1. The standard InChI is InChI=1S/C14H21N2S/c1-6-13(12-10-8-7-9-11-12)17-14(15(2)3)16(4)5/h6-11,13H,1H2,2-5H3/q+1. The van der Waals surface area contributed by atoms with Crippen LogP contribution in [-0.2, 0) is 0 Å². The highest BCUT2D eigenvalue weighted by atomic mass is 32.2. The number of nitrogens with zero attached hydrogens (tertiary/aromatic N) is 2. The summed E-state index contributed by atoms with van der Waals surface area (Å²) in [4.78, 5) is 2.13. The average Bonchev–Trinajstić information content (AvgIpc) is 2.30. The van der Waals surface area contributed by atoms with E-state index in [2.05, 4.69) is 68.5 Å². The number of benzene rings is 1. The van der Waals surface area contributed by atoms with Crippen LogP contribution in [0.2, 0.25) is 0 Å². The number of amidine groups is 1. The zero-order valence-electron chi connectivity index (χ0n) is 11.1. The van der Waals surface area contributed by atoms with Crippen LogP contribution < -0.4 is 0 Å². The molecule has 3 heteroatoms. The van der Waals surface area contributed by atoms with Crippen LogP contribution in [0, 0.1) is 0 Å². The third-order valence-electron chi connectivity index (χ3n) is 2.34. The van der Waals surface area contributed by atoms with Gasteiger partial charge in [-0.2, -0.15) is 0 Å². The Hall–Kier alpha value is -1.22. The van der Waals surface area contributed by atoms with Crippen LogP contribution in [0.25, 0.3) is 0 Å². The van der Waals surface area contributed by atoms with E-state index in [1.54, 1.807) is 0 Å². The van der Waals surface area contributed by atoms with Crippen molar-refractivity contribution in [1.29, 1.82) is 0 Å². The first-order valence-corrected chi connectivity index (χ1v) is 6.50. The summed E-state index contributed by atoms with van der Waals surface area (Å²) in [5.41, 5.74) is 1.29. The quantitative estimate of drug-likeness (QED) is 0.352. The largest absolute Gasteiger partial charge is 0.308 e. The van der Waals surface area contributed by atoms with Gasteiger partial charge in [0.1, 0.15) is 0 Å². The summed E-state index contributed by atoms with van der Waals surface area (Å²) in [5.74, 6) is 0. The summed E-state index contributed by atoms with van der Waals surface area (Å²) >= 11 is 1.81. The van der Waals surface area contributed by atoms with Crippen molar-refractivity contribution >= 4 is 16.9 Å². The van der Waals surface area contributed by atoms with Crippen LogP contribution >= 0.6 is 11.8 Å². The van der Waals surface area contributed by atoms with Crippen molar-refractivity contribution in [1.82, 2.24) is 4.90 Å². The van der Waals surface area contributed by atoms with Crippen LogP contribution in [0.15, 0.2) is 43.0 Å².